The summed E-state index contributed by atoms with van der Waals surface area (Å²) in [5.41, 5.74) is 6.32. The summed E-state index contributed by atoms with van der Waals surface area (Å²) in [6.07, 6.45) is 3.78. The Morgan fingerprint density at radius 2 is 2.55 bits per heavy atom. The number of thiophene rings is 1. The Bertz CT molecular complexity index is 293. The van der Waals surface area contributed by atoms with Crippen LogP contribution < -0.4 is 5.73 Å². The first-order valence-corrected chi connectivity index (χ1v) is 4.10. The molecule has 0 unspecified atom stereocenters. The average Bonchev–Trinajstić information content (AvgIpc) is 2.48. The molecule has 1 aromatic rings. The van der Waals surface area contributed by atoms with Crippen molar-refractivity contribution >= 4 is 17.4 Å². The van der Waals surface area contributed by atoms with E-state index in [2.05, 4.69) is 6.07 Å². The van der Waals surface area contributed by atoms with Gasteiger partial charge in [0, 0.05) is 6.54 Å². The lowest BCUT2D eigenvalue weighted by Gasteiger charge is -1.79. The normalized spacial score (nSPS) is 10.2. The van der Waals surface area contributed by atoms with Crippen LogP contribution in [-0.4, -0.2) is 6.54 Å². The fourth-order valence-corrected chi connectivity index (χ4v) is 1.37. The van der Waals surface area contributed by atoms with Gasteiger partial charge in [0.1, 0.15) is 10.9 Å². The molecular weight excluding hydrogens is 156 g/mol. The summed E-state index contributed by atoms with van der Waals surface area (Å²) in [4.78, 5) is 0.738. The fraction of sp³-hybridized carbons (Fsp3) is 0.125. The fourth-order valence-electron chi connectivity index (χ4n) is 0.701. The van der Waals surface area contributed by atoms with Crippen molar-refractivity contribution in [3.63, 3.8) is 0 Å². The third-order valence-electron chi connectivity index (χ3n) is 1.18. The minimum Gasteiger partial charge on any atom is -0.327 e. The Balaban J connectivity index is 2.75. The molecule has 0 spiro atoms. The van der Waals surface area contributed by atoms with Gasteiger partial charge in [0.05, 0.1) is 0 Å². The Labute approximate surface area is 69.6 Å². The SMILES string of the molecule is N#Cc1cc(C=CCN)cs1. The van der Waals surface area contributed by atoms with Crippen LogP contribution in [-0.2, 0) is 0 Å². The van der Waals surface area contributed by atoms with Crippen molar-refractivity contribution in [2.45, 2.75) is 0 Å². The molecule has 2 N–H and O–H groups in total. The van der Waals surface area contributed by atoms with Gasteiger partial charge in [0.2, 0.25) is 0 Å². The minimum absolute atomic E-state index is 0.539. The predicted molar refractivity (Wildman–Crippen MR) is 47.1 cm³/mol. The Morgan fingerprint density at radius 3 is 3.09 bits per heavy atom. The van der Waals surface area contributed by atoms with Gasteiger partial charge in [0.15, 0.2) is 0 Å². The zero-order chi connectivity index (χ0) is 8.10. The zero-order valence-electron chi connectivity index (χ0n) is 5.95. The largest absolute Gasteiger partial charge is 0.327 e. The minimum atomic E-state index is 0.539. The predicted octanol–water partition coefficient (Wildman–Crippen LogP) is 1.59. The number of nitrogens with zero attached hydrogens (tertiary/aromatic N) is 1. The van der Waals surface area contributed by atoms with Gasteiger partial charge >= 0.3 is 0 Å². The van der Waals surface area contributed by atoms with E-state index in [1.165, 1.54) is 11.3 Å². The van der Waals surface area contributed by atoms with Crippen molar-refractivity contribution < 1.29 is 0 Å². The highest BCUT2D eigenvalue weighted by Gasteiger charge is 1.92. The monoisotopic (exact) mass is 164 g/mol. The highest BCUT2D eigenvalue weighted by atomic mass is 32.1. The molecule has 56 valence electrons. The van der Waals surface area contributed by atoms with Crippen molar-refractivity contribution in [3.8, 4) is 6.07 Å². The second kappa shape index (κ2) is 3.91. The van der Waals surface area contributed by atoms with E-state index in [-0.39, 0.29) is 0 Å². The molecule has 0 bridgehead atoms. The van der Waals surface area contributed by atoms with Crippen LogP contribution in [0.1, 0.15) is 10.4 Å². The summed E-state index contributed by atoms with van der Waals surface area (Å²) in [5, 5.41) is 10.4. The molecule has 3 heteroatoms. The Kier molecular flexibility index (Phi) is 2.84. The molecule has 0 saturated heterocycles. The van der Waals surface area contributed by atoms with Gasteiger partial charge in [-0.15, -0.1) is 11.3 Å². The maximum absolute atomic E-state index is 8.49. The van der Waals surface area contributed by atoms with E-state index in [9.17, 15) is 0 Å². The van der Waals surface area contributed by atoms with Crippen molar-refractivity contribution in [2.75, 3.05) is 6.54 Å². The van der Waals surface area contributed by atoms with Gasteiger partial charge in [-0.2, -0.15) is 5.26 Å². The van der Waals surface area contributed by atoms with Crippen molar-refractivity contribution in [3.05, 3.63) is 28.0 Å². The standard InChI is InChI=1S/C8H8N2S/c9-3-1-2-7-4-8(5-10)11-6-7/h1-2,4,6H,3,9H2. The van der Waals surface area contributed by atoms with E-state index in [4.69, 9.17) is 11.0 Å². The Hall–Kier alpha value is -1.11. The summed E-state index contributed by atoms with van der Waals surface area (Å²) < 4.78 is 0. The topological polar surface area (TPSA) is 49.8 Å². The molecule has 11 heavy (non-hydrogen) atoms. The molecule has 1 rings (SSSR count). The van der Waals surface area contributed by atoms with Crippen LogP contribution in [0, 0.1) is 11.3 Å². The molecule has 0 atom stereocenters. The second-order valence-electron chi connectivity index (χ2n) is 1.99. The van der Waals surface area contributed by atoms with Crippen molar-refractivity contribution in [1.82, 2.24) is 0 Å². The molecule has 0 aromatic carbocycles. The summed E-state index contributed by atoms with van der Waals surface area (Å²) in [7, 11) is 0. The molecule has 1 heterocycles. The smallest absolute Gasteiger partial charge is 0.110 e. The van der Waals surface area contributed by atoms with E-state index < -0.39 is 0 Å². The van der Waals surface area contributed by atoms with Gasteiger partial charge in [-0.1, -0.05) is 12.2 Å². The lowest BCUT2D eigenvalue weighted by Crippen LogP contribution is -1.91. The van der Waals surface area contributed by atoms with Crippen LogP contribution in [0.3, 0.4) is 0 Å². The zero-order valence-corrected chi connectivity index (χ0v) is 6.77. The number of hydrogen-bond acceptors (Lipinski definition) is 3. The summed E-state index contributed by atoms with van der Waals surface area (Å²) in [5.74, 6) is 0. The van der Waals surface area contributed by atoms with Gasteiger partial charge in [-0.25, -0.2) is 0 Å². The van der Waals surface area contributed by atoms with Gasteiger partial charge in [-0.05, 0) is 17.0 Å². The Morgan fingerprint density at radius 1 is 1.73 bits per heavy atom. The molecule has 0 amide bonds. The van der Waals surface area contributed by atoms with Gasteiger partial charge < -0.3 is 5.73 Å². The molecule has 0 fully saturated rings. The molecule has 1 aromatic heterocycles. The summed E-state index contributed by atoms with van der Waals surface area (Å²) >= 11 is 1.45. The number of hydrogen-bond donors (Lipinski definition) is 1. The van der Waals surface area contributed by atoms with Crippen LogP contribution in [0.4, 0.5) is 0 Å². The first-order chi connectivity index (χ1) is 5.36. The van der Waals surface area contributed by atoms with E-state index in [1.807, 2.05) is 23.6 Å². The van der Waals surface area contributed by atoms with Crippen LogP contribution >= 0.6 is 11.3 Å². The van der Waals surface area contributed by atoms with E-state index in [0.29, 0.717) is 6.54 Å². The number of nitrogens with two attached hydrogens (primary N) is 1. The number of rotatable bonds is 2. The van der Waals surface area contributed by atoms with E-state index >= 15 is 0 Å². The molecule has 0 aliphatic heterocycles. The van der Waals surface area contributed by atoms with Crippen LogP contribution in [0.2, 0.25) is 0 Å². The maximum atomic E-state index is 8.49. The molecule has 0 saturated carbocycles. The van der Waals surface area contributed by atoms with Crippen LogP contribution in [0.25, 0.3) is 6.08 Å². The summed E-state index contributed by atoms with van der Waals surface area (Å²) in [6, 6.07) is 3.92. The highest BCUT2D eigenvalue weighted by Crippen LogP contribution is 2.14. The van der Waals surface area contributed by atoms with Crippen LogP contribution in [0.15, 0.2) is 17.5 Å². The lowest BCUT2D eigenvalue weighted by atomic mass is 10.3. The summed E-state index contributed by atoms with van der Waals surface area (Å²) in [6.45, 7) is 0.539. The second-order valence-corrected chi connectivity index (χ2v) is 2.91. The third-order valence-corrected chi connectivity index (χ3v) is 2.03. The first-order valence-electron chi connectivity index (χ1n) is 3.22. The molecular formula is C8H8N2S. The van der Waals surface area contributed by atoms with Crippen molar-refractivity contribution in [1.29, 1.82) is 5.26 Å². The maximum Gasteiger partial charge on any atom is 0.110 e. The first kappa shape index (κ1) is 7.99. The van der Waals surface area contributed by atoms with Gasteiger partial charge in [0.25, 0.3) is 0 Å². The highest BCUT2D eigenvalue weighted by molar-refractivity contribution is 7.10. The quantitative estimate of drug-likeness (QED) is 0.721. The van der Waals surface area contributed by atoms with Crippen LogP contribution in [0.5, 0.6) is 0 Å². The molecule has 0 aliphatic carbocycles. The molecule has 0 aliphatic rings. The average molecular weight is 164 g/mol. The molecule has 2 nitrogen and oxygen atoms in total. The van der Waals surface area contributed by atoms with Gasteiger partial charge in [-0.3, -0.25) is 0 Å². The lowest BCUT2D eigenvalue weighted by molar-refractivity contribution is 1.26. The van der Waals surface area contributed by atoms with Crippen molar-refractivity contribution in [2.24, 2.45) is 5.73 Å². The molecule has 0 radical (unpaired) electrons. The van der Waals surface area contributed by atoms with E-state index in [0.717, 1.165) is 10.4 Å². The van der Waals surface area contributed by atoms with E-state index in [1.54, 1.807) is 0 Å². The number of nitriles is 1. The third kappa shape index (κ3) is 2.19.